The first-order chi connectivity index (χ1) is 23.3. The molecule has 0 saturated carbocycles. The predicted molar refractivity (Wildman–Crippen MR) is 169 cm³/mol. The number of halogens is 4. The van der Waals surface area contributed by atoms with E-state index < -0.39 is 52.6 Å². The van der Waals surface area contributed by atoms with Crippen LogP contribution in [0.15, 0.2) is 38.7 Å². The molecule has 1 saturated heterocycles. The van der Waals surface area contributed by atoms with Crippen LogP contribution >= 0.6 is 11.6 Å². The molecule has 2 aliphatic rings. The first kappa shape index (κ1) is 33.6. The standard InChI is InChI=1S/C29H28ClF3N10O6/c1-2-19-22(40-7-9-41(10-8-40)25(46)21-24(45)36-27(48)38-37-21)26(47)43-28(35-23(39-43)15-5-11-49-12-6-15)42(19)14-20(44)34-18-4-3-16(13-17(18)30)29(31,32)33/h3-5,13H,2,6-12,14H2,1H3,(H,34,44)(H2,36,38,45,48). The monoisotopic (exact) mass is 704 g/mol. The van der Waals surface area contributed by atoms with E-state index in [4.69, 9.17) is 16.3 Å². The number of fused-ring (bicyclic) bond motifs is 1. The summed E-state index contributed by atoms with van der Waals surface area (Å²) in [6, 6.07) is 2.57. The summed E-state index contributed by atoms with van der Waals surface area (Å²) in [6.07, 6.45) is -2.08. The quantitative estimate of drug-likeness (QED) is 0.253. The molecule has 49 heavy (non-hydrogen) atoms. The number of aromatic amines is 2. The van der Waals surface area contributed by atoms with Crippen LogP contribution in [0.2, 0.25) is 5.02 Å². The Balaban J connectivity index is 1.35. The van der Waals surface area contributed by atoms with Crippen LogP contribution in [0.5, 0.6) is 0 Å². The fourth-order valence-corrected chi connectivity index (χ4v) is 5.92. The number of hydrogen-bond acceptors (Lipinski definition) is 10. The number of alkyl halides is 3. The van der Waals surface area contributed by atoms with E-state index in [1.807, 2.05) is 10.1 Å². The van der Waals surface area contributed by atoms with Crippen molar-refractivity contribution in [2.45, 2.75) is 32.5 Å². The molecular weight excluding hydrogens is 677 g/mol. The van der Waals surface area contributed by atoms with Crippen LogP contribution < -0.4 is 27.0 Å². The number of carbonyl (C=O) groups excluding carboxylic acids is 2. The van der Waals surface area contributed by atoms with Crippen LogP contribution in [0.4, 0.5) is 24.5 Å². The van der Waals surface area contributed by atoms with Gasteiger partial charge in [-0.05, 0) is 36.6 Å². The van der Waals surface area contributed by atoms with Gasteiger partial charge in [0.2, 0.25) is 17.4 Å². The van der Waals surface area contributed by atoms with Crippen LogP contribution in [0, 0.1) is 0 Å². The Bertz CT molecular complexity index is 2160. The van der Waals surface area contributed by atoms with E-state index in [1.165, 1.54) is 9.47 Å². The Morgan fingerprint density at radius 2 is 1.88 bits per heavy atom. The smallest absolute Gasteiger partial charge is 0.377 e. The molecule has 20 heteroatoms. The second-order valence-corrected chi connectivity index (χ2v) is 11.5. The number of rotatable bonds is 7. The van der Waals surface area contributed by atoms with Gasteiger partial charge in [-0.2, -0.15) is 27.8 Å². The number of ether oxygens (including phenoxy) is 1. The summed E-state index contributed by atoms with van der Waals surface area (Å²) in [5.74, 6) is -1.02. The van der Waals surface area contributed by atoms with E-state index in [2.05, 4.69) is 20.5 Å². The van der Waals surface area contributed by atoms with Crippen molar-refractivity contribution in [1.82, 2.24) is 39.2 Å². The van der Waals surface area contributed by atoms with Crippen molar-refractivity contribution >= 4 is 46.1 Å². The lowest BCUT2D eigenvalue weighted by molar-refractivity contribution is -0.137. The van der Waals surface area contributed by atoms with Crippen molar-refractivity contribution < 1.29 is 27.5 Å². The molecule has 1 fully saturated rings. The van der Waals surface area contributed by atoms with Crippen LogP contribution in [-0.2, 0) is 28.7 Å². The maximum absolute atomic E-state index is 14.1. The van der Waals surface area contributed by atoms with Gasteiger partial charge in [0.1, 0.15) is 12.2 Å². The summed E-state index contributed by atoms with van der Waals surface area (Å²) >= 11 is 6.08. The Labute approximate surface area is 278 Å². The van der Waals surface area contributed by atoms with E-state index in [-0.39, 0.29) is 60.6 Å². The molecule has 5 heterocycles. The molecule has 1 aromatic carbocycles. The molecule has 4 aromatic rings. The lowest BCUT2D eigenvalue weighted by atomic mass is 10.1. The van der Waals surface area contributed by atoms with Crippen molar-refractivity contribution in [3.63, 3.8) is 0 Å². The van der Waals surface area contributed by atoms with Crippen molar-refractivity contribution in [2.75, 3.05) is 49.6 Å². The highest BCUT2D eigenvalue weighted by atomic mass is 35.5. The van der Waals surface area contributed by atoms with Gasteiger partial charge in [-0.1, -0.05) is 24.6 Å². The number of benzene rings is 1. The summed E-state index contributed by atoms with van der Waals surface area (Å²) in [5, 5.41) is 12.3. The van der Waals surface area contributed by atoms with Crippen molar-refractivity contribution in [3.8, 4) is 0 Å². The summed E-state index contributed by atoms with van der Waals surface area (Å²) in [4.78, 5) is 73.7. The van der Waals surface area contributed by atoms with Gasteiger partial charge in [-0.3, -0.25) is 24.2 Å². The topological polar surface area (TPSA) is 193 Å². The Morgan fingerprint density at radius 1 is 1.12 bits per heavy atom. The van der Waals surface area contributed by atoms with Gasteiger partial charge in [0, 0.05) is 26.2 Å². The van der Waals surface area contributed by atoms with E-state index in [0.29, 0.717) is 31.4 Å². The second kappa shape index (κ2) is 13.3. The average Bonchev–Trinajstić information content (AvgIpc) is 3.53. The Morgan fingerprint density at radius 3 is 2.51 bits per heavy atom. The minimum atomic E-state index is -4.62. The van der Waals surface area contributed by atoms with Gasteiger partial charge in [-0.15, -0.1) is 5.10 Å². The first-order valence-electron chi connectivity index (χ1n) is 15.0. The fourth-order valence-electron chi connectivity index (χ4n) is 5.70. The van der Waals surface area contributed by atoms with Crippen molar-refractivity contribution in [2.24, 2.45) is 0 Å². The summed E-state index contributed by atoms with van der Waals surface area (Å²) in [7, 11) is 0. The Kier molecular flexibility index (Phi) is 9.12. The molecule has 2 amide bonds. The number of amides is 2. The third-order valence-corrected chi connectivity index (χ3v) is 8.39. The first-order valence-corrected chi connectivity index (χ1v) is 15.4. The van der Waals surface area contributed by atoms with Gasteiger partial charge >= 0.3 is 11.9 Å². The molecule has 6 rings (SSSR count). The van der Waals surface area contributed by atoms with E-state index in [9.17, 15) is 37.1 Å². The van der Waals surface area contributed by atoms with Gasteiger partial charge < -0.3 is 24.4 Å². The molecule has 0 atom stereocenters. The number of H-pyrrole nitrogens is 2. The SMILES string of the molecule is CCc1c(N2CCN(C(=O)c3n[nH]c(=O)[nH]c3=O)CC2)c(=O)n2nc(C3=CCOCC3)nc2n1CC(=O)Nc1ccc(C(F)(F)F)cc1Cl. The number of aromatic nitrogens is 7. The maximum atomic E-state index is 14.1. The van der Waals surface area contributed by atoms with Crippen molar-refractivity contribution in [3.05, 3.63) is 83.3 Å². The minimum Gasteiger partial charge on any atom is -0.377 e. The third kappa shape index (κ3) is 6.71. The van der Waals surface area contributed by atoms with Crippen molar-refractivity contribution in [1.29, 1.82) is 0 Å². The number of anilines is 2. The molecule has 0 aliphatic carbocycles. The van der Waals surface area contributed by atoms with Crippen LogP contribution in [0.25, 0.3) is 11.4 Å². The molecule has 0 unspecified atom stereocenters. The summed E-state index contributed by atoms with van der Waals surface area (Å²) < 4.78 is 47.5. The fraction of sp³-hybridized carbons (Fsp3) is 0.379. The molecule has 2 aliphatic heterocycles. The molecule has 3 aromatic heterocycles. The molecule has 16 nitrogen and oxygen atoms in total. The average molecular weight is 705 g/mol. The molecule has 3 N–H and O–H groups in total. The van der Waals surface area contributed by atoms with Gasteiger partial charge in [0.25, 0.3) is 17.0 Å². The maximum Gasteiger partial charge on any atom is 0.416 e. The zero-order valence-electron chi connectivity index (χ0n) is 25.8. The predicted octanol–water partition coefficient (Wildman–Crippen LogP) is 1.30. The van der Waals surface area contributed by atoms with Crippen LogP contribution in [-0.4, -0.2) is 90.5 Å². The lowest BCUT2D eigenvalue weighted by Crippen LogP contribution is -2.52. The number of hydrogen-bond donors (Lipinski definition) is 3. The molecule has 0 spiro atoms. The number of nitrogens with one attached hydrogen (secondary N) is 3. The van der Waals surface area contributed by atoms with Gasteiger partial charge in [0.15, 0.2) is 5.82 Å². The summed E-state index contributed by atoms with van der Waals surface area (Å²) in [5.41, 5.74) is -2.43. The van der Waals surface area contributed by atoms with E-state index in [1.54, 1.807) is 17.9 Å². The van der Waals surface area contributed by atoms with Crippen LogP contribution in [0.1, 0.15) is 40.9 Å². The molecule has 0 bridgehead atoms. The van der Waals surface area contributed by atoms with E-state index in [0.717, 1.165) is 22.2 Å². The van der Waals surface area contributed by atoms with Gasteiger partial charge in [-0.25, -0.2) is 9.89 Å². The minimum absolute atomic E-state index is 0.0406. The largest absolute Gasteiger partial charge is 0.416 e. The Hall–Kier alpha value is -5.30. The van der Waals surface area contributed by atoms with Crippen LogP contribution in [0.3, 0.4) is 0 Å². The number of nitrogens with zero attached hydrogens (tertiary/aromatic N) is 7. The zero-order chi connectivity index (χ0) is 35.0. The molecular formula is C29H28ClF3N10O6. The highest BCUT2D eigenvalue weighted by molar-refractivity contribution is 6.33. The summed E-state index contributed by atoms with van der Waals surface area (Å²) in [6.45, 7) is 2.61. The molecule has 258 valence electrons. The normalized spacial score (nSPS) is 15.4. The lowest BCUT2D eigenvalue weighted by Gasteiger charge is -2.36. The highest BCUT2D eigenvalue weighted by Crippen LogP contribution is 2.34. The third-order valence-electron chi connectivity index (χ3n) is 8.08. The van der Waals surface area contributed by atoms with E-state index >= 15 is 0 Å². The molecule has 0 radical (unpaired) electrons. The van der Waals surface area contributed by atoms with Gasteiger partial charge in [0.05, 0.1) is 35.2 Å². The second-order valence-electron chi connectivity index (χ2n) is 11.1. The number of carbonyl (C=O) groups is 2. The highest BCUT2D eigenvalue weighted by Gasteiger charge is 2.32. The number of piperazine rings is 1. The zero-order valence-corrected chi connectivity index (χ0v) is 26.5.